The first kappa shape index (κ1) is 17.2. The zero-order valence-corrected chi connectivity index (χ0v) is 14.5. The van der Waals surface area contributed by atoms with Crippen LogP contribution < -0.4 is 4.74 Å². The second-order valence-corrected chi connectivity index (χ2v) is 6.45. The highest BCUT2D eigenvalue weighted by molar-refractivity contribution is 6.30. The van der Waals surface area contributed by atoms with E-state index in [1.807, 2.05) is 30.3 Å². The van der Waals surface area contributed by atoms with Crippen molar-refractivity contribution in [2.75, 3.05) is 20.4 Å². The van der Waals surface area contributed by atoms with Crippen LogP contribution in [0.3, 0.4) is 0 Å². The van der Waals surface area contributed by atoms with Crippen LogP contribution in [0.1, 0.15) is 29.2 Å². The molecule has 0 amide bonds. The Morgan fingerprint density at radius 1 is 1.25 bits per heavy atom. The summed E-state index contributed by atoms with van der Waals surface area (Å²) in [5.74, 6) is 0.869. The Kier molecular flexibility index (Phi) is 5.74. The van der Waals surface area contributed by atoms with Crippen LogP contribution in [0.4, 0.5) is 0 Å². The zero-order valence-electron chi connectivity index (χ0n) is 13.7. The van der Waals surface area contributed by atoms with Gasteiger partial charge in [0.25, 0.3) is 0 Å². The normalized spacial score (nSPS) is 15.0. The summed E-state index contributed by atoms with van der Waals surface area (Å²) in [6.45, 7) is 1.61. The SMILES string of the molecule is CN(Cc1cc(Cl)cc2c1OCOC2)C(CCO)c1ccccc1. The van der Waals surface area contributed by atoms with Gasteiger partial charge in [-0.15, -0.1) is 0 Å². The molecule has 0 bridgehead atoms. The van der Waals surface area contributed by atoms with Gasteiger partial charge in [-0.1, -0.05) is 41.9 Å². The van der Waals surface area contributed by atoms with Crippen molar-refractivity contribution in [1.82, 2.24) is 4.90 Å². The van der Waals surface area contributed by atoms with E-state index >= 15 is 0 Å². The molecule has 2 aromatic carbocycles. The third-order valence-corrected chi connectivity index (χ3v) is 4.51. The molecule has 0 aliphatic carbocycles. The van der Waals surface area contributed by atoms with Gasteiger partial charge in [0.2, 0.25) is 0 Å². The highest BCUT2D eigenvalue weighted by Gasteiger charge is 2.21. The first-order valence-corrected chi connectivity index (χ1v) is 8.44. The van der Waals surface area contributed by atoms with Crippen LogP contribution >= 0.6 is 11.6 Å². The minimum Gasteiger partial charge on any atom is -0.467 e. The summed E-state index contributed by atoms with van der Waals surface area (Å²) >= 11 is 6.25. The predicted octanol–water partition coefficient (Wildman–Crippen LogP) is 3.76. The molecule has 0 fully saturated rings. The lowest BCUT2D eigenvalue weighted by Crippen LogP contribution is -2.26. The van der Waals surface area contributed by atoms with Crippen LogP contribution in [-0.4, -0.2) is 30.5 Å². The molecule has 1 aliphatic rings. The first-order chi connectivity index (χ1) is 11.7. The number of aliphatic hydroxyl groups is 1. The molecule has 1 N–H and O–H groups in total. The van der Waals surface area contributed by atoms with E-state index in [1.54, 1.807) is 0 Å². The molecule has 4 nitrogen and oxygen atoms in total. The Bertz CT molecular complexity index is 678. The van der Waals surface area contributed by atoms with Gasteiger partial charge in [-0.05, 0) is 31.2 Å². The summed E-state index contributed by atoms with van der Waals surface area (Å²) in [4.78, 5) is 2.22. The summed E-state index contributed by atoms with van der Waals surface area (Å²) in [5, 5.41) is 10.1. The van der Waals surface area contributed by atoms with Crippen LogP contribution in [0.5, 0.6) is 5.75 Å². The summed E-state index contributed by atoms with van der Waals surface area (Å²) in [6.07, 6.45) is 0.674. The molecule has 0 radical (unpaired) electrons. The van der Waals surface area contributed by atoms with Crippen LogP contribution in [0, 0.1) is 0 Å². The van der Waals surface area contributed by atoms with E-state index in [0.717, 1.165) is 16.9 Å². The number of benzene rings is 2. The molecule has 1 heterocycles. The van der Waals surface area contributed by atoms with Crippen molar-refractivity contribution >= 4 is 11.6 Å². The molecule has 3 rings (SSSR count). The Labute approximate surface area is 147 Å². The van der Waals surface area contributed by atoms with Gasteiger partial charge in [0.05, 0.1) is 6.61 Å². The number of halogens is 1. The van der Waals surface area contributed by atoms with Crippen molar-refractivity contribution in [2.45, 2.75) is 25.6 Å². The molecule has 1 atom stereocenters. The fourth-order valence-electron chi connectivity index (χ4n) is 3.19. The summed E-state index contributed by atoms with van der Waals surface area (Å²) in [7, 11) is 2.06. The van der Waals surface area contributed by atoms with E-state index in [9.17, 15) is 5.11 Å². The van der Waals surface area contributed by atoms with Gasteiger partial charge >= 0.3 is 0 Å². The average Bonchev–Trinajstić information content (AvgIpc) is 2.60. The maximum absolute atomic E-state index is 9.46. The van der Waals surface area contributed by atoms with Crippen molar-refractivity contribution in [3.05, 3.63) is 64.2 Å². The van der Waals surface area contributed by atoms with Gasteiger partial charge in [0, 0.05) is 35.3 Å². The smallest absolute Gasteiger partial charge is 0.189 e. The molecule has 0 saturated heterocycles. The topological polar surface area (TPSA) is 41.9 Å². The number of fused-ring (bicyclic) bond motifs is 1. The molecule has 1 aliphatic heterocycles. The summed E-state index contributed by atoms with van der Waals surface area (Å²) in [5.41, 5.74) is 3.21. The van der Waals surface area contributed by atoms with Gasteiger partial charge in [-0.2, -0.15) is 0 Å². The average molecular weight is 348 g/mol. The third kappa shape index (κ3) is 3.90. The Balaban J connectivity index is 1.85. The fourth-order valence-corrected chi connectivity index (χ4v) is 3.46. The van der Waals surface area contributed by atoms with Crippen LogP contribution in [0.2, 0.25) is 5.02 Å². The first-order valence-electron chi connectivity index (χ1n) is 8.07. The molecule has 0 aromatic heterocycles. The quantitative estimate of drug-likeness (QED) is 0.863. The van der Waals surface area contributed by atoms with E-state index in [1.165, 1.54) is 5.56 Å². The molecule has 2 aromatic rings. The second-order valence-electron chi connectivity index (χ2n) is 6.02. The van der Waals surface area contributed by atoms with E-state index in [0.29, 0.717) is 24.6 Å². The second kappa shape index (κ2) is 7.99. The van der Waals surface area contributed by atoms with E-state index in [-0.39, 0.29) is 19.4 Å². The van der Waals surface area contributed by atoms with Crippen LogP contribution in [0.25, 0.3) is 0 Å². The van der Waals surface area contributed by atoms with Gasteiger partial charge in [-0.3, -0.25) is 4.90 Å². The highest BCUT2D eigenvalue weighted by atomic mass is 35.5. The number of ether oxygens (including phenoxy) is 2. The Morgan fingerprint density at radius 2 is 2.04 bits per heavy atom. The molecular weight excluding hydrogens is 326 g/mol. The van der Waals surface area contributed by atoms with Gasteiger partial charge in [0.15, 0.2) is 6.79 Å². The fraction of sp³-hybridized carbons (Fsp3) is 0.368. The zero-order chi connectivity index (χ0) is 16.9. The molecule has 128 valence electrons. The maximum Gasteiger partial charge on any atom is 0.189 e. The predicted molar refractivity (Wildman–Crippen MR) is 94.1 cm³/mol. The van der Waals surface area contributed by atoms with Gasteiger partial charge in [0.1, 0.15) is 5.75 Å². The molecule has 5 heteroatoms. The van der Waals surface area contributed by atoms with Crippen molar-refractivity contribution in [1.29, 1.82) is 0 Å². The summed E-state index contributed by atoms with van der Waals surface area (Å²) < 4.78 is 11.0. The van der Waals surface area contributed by atoms with Crippen LogP contribution in [0.15, 0.2) is 42.5 Å². The number of rotatable bonds is 6. The van der Waals surface area contributed by atoms with E-state index in [2.05, 4.69) is 24.1 Å². The lowest BCUT2D eigenvalue weighted by atomic mass is 10.0. The van der Waals surface area contributed by atoms with E-state index in [4.69, 9.17) is 21.1 Å². The Hall–Kier alpha value is -1.59. The van der Waals surface area contributed by atoms with Crippen LogP contribution in [-0.2, 0) is 17.9 Å². The van der Waals surface area contributed by atoms with Gasteiger partial charge in [-0.25, -0.2) is 0 Å². The lowest BCUT2D eigenvalue weighted by Gasteiger charge is -2.30. The molecular formula is C19H22ClNO3. The van der Waals surface area contributed by atoms with Crippen molar-refractivity contribution in [3.63, 3.8) is 0 Å². The highest BCUT2D eigenvalue weighted by Crippen LogP contribution is 2.34. The minimum atomic E-state index is 0.130. The number of nitrogens with zero attached hydrogens (tertiary/aromatic N) is 1. The number of hydrogen-bond donors (Lipinski definition) is 1. The largest absolute Gasteiger partial charge is 0.467 e. The lowest BCUT2D eigenvalue weighted by molar-refractivity contribution is -0.0175. The number of hydrogen-bond acceptors (Lipinski definition) is 4. The molecule has 24 heavy (non-hydrogen) atoms. The standard InChI is InChI=1S/C19H22ClNO3/c1-21(18(7-8-22)14-5-3-2-4-6-14)11-15-9-17(20)10-16-12-23-13-24-19(15)16/h2-6,9-10,18,22H,7-8,11-13H2,1H3. The molecule has 0 saturated carbocycles. The van der Waals surface area contributed by atoms with Crippen molar-refractivity contribution < 1.29 is 14.6 Å². The minimum absolute atomic E-state index is 0.130. The van der Waals surface area contributed by atoms with Crippen molar-refractivity contribution in [3.8, 4) is 5.75 Å². The molecule has 1 unspecified atom stereocenters. The monoisotopic (exact) mass is 347 g/mol. The third-order valence-electron chi connectivity index (χ3n) is 4.29. The van der Waals surface area contributed by atoms with E-state index < -0.39 is 0 Å². The van der Waals surface area contributed by atoms with Gasteiger partial charge < -0.3 is 14.6 Å². The Morgan fingerprint density at radius 3 is 2.79 bits per heavy atom. The maximum atomic E-state index is 9.46. The molecule has 0 spiro atoms. The number of aliphatic hydroxyl groups excluding tert-OH is 1. The van der Waals surface area contributed by atoms with Crippen molar-refractivity contribution in [2.24, 2.45) is 0 Å². The summed E-state index contributed by atoms with van der Waals surface area (Å²) in [6, 6.07) is 14.2.